The second-order valence-corrected chi connectivity index (χ2v) is 7.64. The van der Waals surface area contributed by atoms with Gasteiger partial charge in [0.05, 0.1) is 25.6 Å². The first kappa shape index (κ1) is 26.6. The number of esters is 4. The minimum absolute atomic E-state index is 0.00757. The average molecular weight is 471 g/mol. The van der Waals surface area contributed by atoms with Gasteiger partial charge in [-0.2, -0.15) is 0 Å². The minimum atomic E-state index is -2.15. The Bertz CT molecular complexity index is 900. The van der Waals surface area contributed by atoms with Gasteiger partial charge in [-0.3, -0.25) is 19.2 Å². The summed E-state index contributed by atoms with van der Waals surface area (Å²) in [4.78, 5) is 51.7. The van der Waals surface area contributed by atoms with E-state index in [1.54, 1.807) is 62.4 Å². The van der Waals surface area contributed by atoms with Crippen LogP contribution in [0.3, 0.4) is 0 Å². The Morgan fingerprint density at radius 1 is 0.706 bits per heavy atom. The summed E-state index contributed by atoms with van der Waals surface area (Å²) in [6.07, 6.45) is -0.552. The Morgan fingerprint density at radius 2 is 1.15 bits per heavy atom. The monoisotopic (exact) mass is 470 g/mol. The molecule has 0 aliphatic carbocycles. The Balaban J connectivity index is 2.35. The lowest BCUT2D eigenvalue weighted by Crippen LogP contribution is -2.49. The van der Waals surface area contributed by atoms with Crippen molar-refractivity contribution in [3.8, 4) is 0 Å². The smallest absolute Gasteiger partial charge is 0.324 e. The summed E-state index contributed by atoms with van der Waals surface area (Å²) in [5.41, 5.74) is -0.773. The molecule has 2 rings (SSSR count). The fourth-order valence-electron chi connectivity index (χ4n) is 3.27. The van der Waals surface area contributed by atoms with Crippen molar-refractivity contribution in [1.29, 1.82) is 0 Å². The fourth-order valence-corrected chi connectivity index (χ4v) is 3.27. The van der Waals surface area contributed by atoms with Gasteiger partial charge in [0.25, 0.3) is 0 Å². The largest absolute Gasteiger partial charge is 0.466 e. The van der Waals surface area contributed by atoms with Crippen molar-refractivity contribution in [3.05, 3.63) is 71.8 Å². The second-order valence-electron chi connectivity index (χ2n) is 7.64. The van der Waals surface area contributed by atoms with Crippen LogP contribution < -0.4 is 0 Å². The van der Waals surface area contributed by atoms with Gasteiger partial charge in [-0.25, -0.2) is 0 Å². The molecule has 0 saturated heterocycles. The van der Waals surface area contributed by atoms with Crippen molar-refractivity contribution in [2.75, 3.05) is 13.2 Å². The van der Waals surface area contributed by atoms with E-state index in [4.69, 9.17) is 18.9 Å². The van der Waals surface area contributed by atoms with Crippen molar-refractivity contribution in [1.82, 2.24) is 0 Å². The van der Waals surface area contributed by atoms with Gasteiger partial charge in [0, 0.05) is 0 Å². The molecule has 0 heterocycles. The maximum Gasteiger partial charge on any atom is 0.324 e. The molecule has 8 nitrogen and oxygen atoms in total. The normalized spacial score (nSPS) is 11.7. The van der Waals surface area contributed by atoms with Crippen LogP contribution in [0.4, 0.5) is 0 Å². The molecule has 2 aromatic carbocycles. The van der Waals surface area contributed by atoms with E-state index in [0.29, 0.717) is 11.1 Å². The molecule has 0 amide bonds. The van der Waals surface area contributed by atoms with E-state index in [-0.39, 0.29) is 26.4 Å². The molecule has 0 fully saturated rings. The molecule has 0 N–H and O–H groups in total. The summed E-state index contributed by atoms with van der Waals surface area (Å²) in [6, 6.07) is 17.7. The molecule has 8 heteroatoms. The van der Waals surface area contributed by atoms with Gasteiger partial charge in [0.1, 0.15) is 13.2 Å². The Hall–Kier alpha value is -3.68. The van der Waals surface area contributed by atoms with Gasteiger partial charge in [0.15, 0.2) is 5.41 Å². The molecular weight excluding hydrogens is 440 g/mol. The molecule has 2 aromatic rings. The van der Waals surface area contributed by atoms with Gasteiger partial charge in [-0.15, -0.1) is 0 Å². The number of carbonyl (C=O) groups is 4. The molecule has 0 aliphatic heterocycles. The predicted octanol–water partition coefficient (Wildman–Crippen LogP) is 3.61. The van der Waals surface area contributed by atoms with Gasteiger partial charge >= 0.3 is 23.9 Å². The van der Waals surface area contributed by atoms with E-state index >= 15 is 0 Å². The van der Waals surface area contributed by atoms with Gasteiger partial charge < -0.3 is 18.9 Å². The van der Waals surface area contributed by atoms with E-state index in [1.165, 1.54) is 6.92 Å². The Morgan fingerprint density at radius 3 is 1.56 bits per heavy atom. The molecule has 0 bridgehead atoms. The first-order chi connectivity index (χ1) is 16.3. The zero-order valence-corrected chi connectivity index (χ0v) is 19.7. The van der Waals surface area contributed by atoms with Gasteiger partial charge in [-0.1, -0.05) is 60.7 Å². The van der Waals surface area contributed by atoms with Crippen LogP contribution in [0.2, 0.25) is 0 Å². The third-order valence-electron chi connectivity index (χ3n) is 5.22. The molecule has 0 aliphatic rings. The highest BCUT2D eigenvalue weighted by Crippen LogP contribution is 2.36. The van der Waals surface area contributed by atoms with E-state index < -0.39 is 41.6 Å². The number of rotatable bonds is 12. The number of hydrogen-bond donors (Lipinski definition) is 0. The third kappa shape index (κ3) is 7.16. The Kier molecular flexibility index (Phi) is 10.3. The molecule has 1 unspecified atom stereocenters. The van der Waals surface area contributed by atoms with Crippen molar-refractivity contribution < 1.29 is 38.1 Å². The molecule has 0 spiro atoms. The van der Waals surface area contributed by atoms with E-state index in [0.717, 1.165) is 0 Å². The van der Waals surface area contributed by atoms with E-state index in [2.05, 4.69) is 0 Å². The maximum absolute atomic E-state index is 13.3. The quantitative estimate of drug-likeness (QED) is 0.263. The number of ether oxygens (including phenoxy) is 4. The van der Waals surface area contributed by atoms with Gasteiger partial charge in [0.2, 0.25) is 0 Å². The molecule has 1 atom stereocenters. The summed E-state index contributed by atoms with van der Waals surface area (Å²) < 4.78 is 20.9. The molecule has 182 valence electrons. The predicted molar refractivity (Wildman–Crippen MR) is 122 cm³/mol. The van der Waals surface area contributed by atoms with Crippen molar-refractivity contribution >= 4 is 23.9 Å². The minimum Gasteiger partial charge on any atom is -0.466 e. The maximum atomic E-state index is 13.3. The first-order valence-corrected chi connectivity index (χ1v) is 11.1. The Labute approximate surface area is 199 Å². The SMILES string of the molecule is CCOC(=O)CC(C(=O)OCC)C(C)(C(=O)OCc1ccccc1)C(=O)OCc1ccccc1. The molecule has 34 heavy (non-hydrogen) atoms. The summed E-state index contributed by atoms with van der Waals surface area (Å²) in [6.45, 7) is 4.23. The topological polar surface area (TPSA) is 105 Å². The highest BCUT2D eigenvalue weighted by atomic mass is 16.6. The zero-order valence-electron chi connectivity index (χ0n) is 19.7. The molecular formula is C26H30O8. The van der Waals surface area contributed by atoms with Crippen LogP contribution in [0.5, 0.6) is 0 Å². The number of hydrogen-bond acceptors (Lipinski definition) is 8. The van der Waals surface area contributed by atoms with Crippen molar-refractivity contribution in [2.24, 2.45) is 11.3 Å². The number of carbonyl (C=O) groups excluding carboxylic acids is 4. The van der Waals surface area contributed by atoms with Crippen LogP contribution >= 0.6 is 0 Å². The third-order valence-corrected chi connectivity index (χ3v) is 5.22. The fraction of sp³-hybridized carbons (Fsp3) is 0.385. The van der Waals surface area contributed by atoms with Crippen LogP contribution in [0.1, 0.15) is 38.3 Å². The average Bonchev–Trinajstić information content (AvgIpc) is 2.85. The zero-order chi connectivity index (χ0) is 25.0. The van der Waals surface area contributed by atoms with Crippen LogP contribution in [0.15, 0.2) is 60.7 Å². The molecule has 0 aromatic heterocycles. The van der Waals surface area contributed by atoms with Crippen molar-refractivity contribution in [3.63, 3.8) is 0 Å². The number of benzene rings is 2. The lowest BCUT2D eigenvalue weighted by atomic mass is 9.75. The summed E-state index contributed by atoms with van der Waals surface area (Å²) >= 11 is 0. The second kappa shape index (κ2) is 13.1. The van der Waals surface area contributed by atoms with Crippen LogP contribution in [0, 0.1) is 11.3 Å². The van der Waals surface area contributed by atoms with Crippen LogP contribution in [-0.2, 0) is 51.3 Å². The standard InChI is InChI=1S/C26H30O8/c1-4-31-22(27)16-21(23(28)32-5-2)26(3,24(29)33-17-19-12-8-6-9-13-19)25(30)34-18-20-14-10-7-11-15-20/h6-15,21H,4-5,16-18H2,1-3H3. The summed E-state index contributed by atoms with van der Waals surface area (Å²) in [7, 11) is 0. The highest BCUT2D eigenvalue weighted by molar-refractivity contribution is 6.04. The van der Waals surface area contributed by atoms with E-state index in [9.17, 15) is 19.2 Å². The first-order valence-electron chi connectivity index (χ1n) is 11.1. The molecule has 0 saturated carbocycles. The molecule has 0 radical (unpaired) electrons. The van der Waals surface area contributed by atoms with Crippen LogP contribution in [-0.4, -0.2) is 37.1 Å². The van der Waals surface area contributed by atoms with Crippen LogP contribution in [0.25, 0.3) is 0 Å². The van der Waals surface area contributed by atoms with Crippen molar-refractivity contribution in [2.45, 2.75) is 40.4 Å². The summed E-state index contributed by atoms with van der Waals surface area (Å²) in [5, 5.41) is 0. The lowest BCUT2D eigenvalue weighted by Gasteiger charge is -2.31. The van der Waals surface area contributed by atoms with Gasteiger partial charge in [-0.05, 0) is 31.9 Å². The highest BCUT2D eigenvalue weighted by Gasteiger charge is 2.55. The van der Waals surface area contributed by atoms with E-state index in [1.807, 2.05) is 12.1 Å². The lowest BCUT2D eigenvalue weighted by molar-refractivity contribution is -0.185. The summed E-state index contributed by atoms with van der Waals surface area (Å²) in [5.74, 6) is -5.16.